The van der Waals surface area contributed by atoms with Crippen molar-refractivity contribution < 1.29 is 53.2 Å². The highest BCUT2D eigenvalue weighted by atomic mass is 19.1. The number of amides is 4. The number of aliphatic carboxylic acids is 1. The summed E-state index contributed by atoms with van der Waals surface area (Å²) in [6.07, 6.45) is 4.20. The van der Waals surface area contributed by atoms with E-state index >= 15 is 0 Å². The minimum Gasteiger partial charge on any atom is -0.494 e. The highest BCUT2D eigenvalue weighted by Crippen LogP contribution is 2.44. The van der Waals surface area contributed by atoms with Crippen LogP contribution in [0.15, 0.2) is 103 Å². The zero-order valence-corrected chi connectivity index (χ0v) is 43.0. The predicted molar refractivity (Wildman–Crippen MR) is 282 cm³/mol. The normalized spacial score (nSPS) is 15.2. The topological polar surface area (TPSA) is 227 Å². The van der Waals surface area contributed by atoms with Crippen molar-refractivity contribution in [2.24, 2.45) is 0 Å². The number of carbonyl (C=O) groups is 5. The minimum absolute atomic E-state index is 0.133. The zero-order valence-electron chi connectivity index (χ0n) is 43.0. The Morgan fingerprint density at radius 2 is 1.62 bits per heavy atom. The lowest BCUT2D eigenvalue weighted by atomic mass is 9.94. The summed E-state index contributed by atoms with van der Waals surface area (Å²) >= 11 is 0. The van der Waals surface area contributed by atoms with Crippen LogP contribution in [0.4, 0.5) is 10.1 Å². The van der Waals surface area contributed by atoms with Gasteiger partial charge in [-0.25, -0.2) is 4.39 Å². The SMILES string of the molecule is CC(C)c1c(C(=O)Nc2ccccc2)c(-c2cccc(OCCCc3cn(CCCCOCCCc4cccc5c4CN(C4CCC(=O)NC4=O)C5=O)nn3)c2)c(-c2ccc(F)cc2)n1CC[C@@H](O)C[C@@H](O)CC(=O)O. The maximum absolute atomic E-state index is 14.7. The van der Waals surface area contributed by atoms with Crippen LogP contribution < -0.4 is 15.4 Å². The lowest BCUT2D eigenvalue weighted by Crippen LogP contribution is -2.52. The third-order valence-electron chi connectivity index (χ3n) is 13.8. The molecule has 8 rings (SSSR count). The van der Waals surface area contributed by atoms with Crippen LogP contribution in [0.1, 0.15) is 121 Å². The molecule has 1 saturated heterocycles. The number of hydrogen-bond acceptors (Lipinski definition) is 11. The number of carboxylic acids is 1. The number of piperidine rings is 1. The second kappa shape index (κ2) is 25.8. The molecule has 4 heterocycles. The van der Waals surface area contributed by atoms with Gasteiger partial charge in [0.1, 0.15) is 17.6 Å². The Balaban J connectivity index is 0.858. The quantitative estimate of drug-likeness (QED) is 0.0244. The fraction of sp³-hybridized carbons (Fsp3) is 0.397. The van der Waals surface area contributed by atoms with Crippen LogP contribution in [0.2, 0.25) is 0 Å². The lowest BCUT2D eigenvalue weighted by molar-refractivity contribution is -0.140. The van der Waals surface area contributed by atoms with Crippen LogP contribution in [0.5, 0.6) is 5.75 Å². The second-order valence-corrected chi connectivity index (χ2v) is 19.8. The number of anilines is 1. The number of nitrogens with one attached hydrogen (secondary N) is 2. The smallest absolute Gasteiger partial charge is 0.305 e. The molecule has 0 aliphatic carbocycles. The van der Waals surface area contributed by atoms with Crippen molar-refractivity contribution in [3.63, 3.8) is 0 Å². The number of ether oxygens (including phenoxy) is 2. The standard InChI is InChI=1S/C58H66FN7O10/c1-37(2)54-53(57(73)60-42-15-4-3-5-16-42)52(55(39-20-22-41(59)23-21-39)65(54)28-26-44(67)33-45(68)34-51(70)71)40-13-8-18-46(32-40)76-31-11-17-43-35-64(63-62-43)27-6-7-29-75-30-10-14-38-12-9-19-47-48(38)36-66(58(47)74)49-24-25-50(69)61-56(49)72/h3-5,8-9,12-13,15-16,18-23,32,35,37,44-45,49,67-68H,6-7,10-11,14,17,24-31,33-34,36H2,1-2H3,(H,60,73)(H,70,71)(H,61,69,72)/t44-,45-,49?/m1/s1. The number of rotatable bonds is 27. The second-order valence-electron chi connectivity index (χ2n) is 19.8. The molecule has 0 spiro atoms. The molecule has 3 atom stereocenters. The Morgan fingerprint density at radius 3 is 2.38 bits per heavy atom. The van der Waals surface area contributed by atoms with Crippen LogP contribution in [0.3, 0.4) is 0 Å². The maximum Gasteiger partial charge on any atom is 0.305 e. The molecule has 1 unspecified atom stereocenters. The number of halogens is 1. The Morgan fingerprint density at radius 1 is 0.855 bits per heavy atom. The predicted octanol–water partition coefficient (Wildman–Crippen LogP) is 8.11. The molecule has 1 fully saturated rings. The van der Waals surface area contributed by atoms with Crippen LogP contribution in [0, 0.1) is 5.82 Å². The van der Waals surface area contributed by atoms with Crippen molar-refractivity contribution in [2.45, 2.75) is 128 Å². The fourth-order valence-electron chi connectivity index (χ4n) is 10.2. The number of benzene rings is 4. The van der Waals surface area contributed by atoms with Crippen molar-refractivity contribution >= 4 is 35.3 Å². The molecule has 2 aliphatic heterocycles. The average molecular weight is 1040 g/mol. The van der Waals surface area contributed by atoms with Gasteiger partial charge in [-0.05, 0) is 141 Å². The van der Waals surface area contributed by atoms with Crippen molar-refractivity contribution in [1.82, 2.24) is 29.8 Å². The minimum atomic E-state index is -1.24. The summed E-state index contributed by atoms with van der Waals surface area (Å²) in [6.45, 7) is 6.74. The molecular formula is C58H66FN7O10. The summed E-state index contributed by atoms with van der Waals surface area (Å²) in [4.78, 5) is 64.8. The van der Waals surface area contributed by atoms with E-state index in [-0.39, 0.29) is 49.4 Å². The van der Waals surface area contributed by atoms with Gasteiger partial charge in [-0.15, -0.1) is 5.10 Å². The Labute approximate surface area is 441 Å². The average Bonchev–Trinajstić information content (AvgIpc) is 4.23. The summed E-state index contributed by atoms with van der Waals surface area (Å²) in [6, 6.07) is 27.7. The molecule has 76 heavy (non-hydrogen) atoms. The van der Waals surface area contributed by atoms with E-state index in [0.29, 0.717) is 103 Å². The molecule has 4 aromatic carbocycles. The molecule has 400 valence electrons. The maximum atomic E-state index is 14.7. The number of hydrogen-bond donors (Lipinski definition) is 5. The van der Waals surface area contributed by atoms with Crippen molar-refractivity contribution in [1.29, 1.82) is 0 Å². The molecule has 6 aromatic rings. The lowest BCUT2D eigenvalue weighted by Gasteiger charge is -2.29. The number of aromatic nitrogens is 4. The van der Waals surface area contributed by atoms with Gasteiger partial charge in [-0.1, -0.05) is 61.5 Å². The van der Waals surface area contributed by atoms with E-state index in [4.69, 9.17) is 9.47 Å². The third kappa shape index (κ3) is 13.8. The molecule has 2 aliphatic rings. The first-order chi connectivity index (χ1) is 36.7. The summed E-state index contributed by atoms with van der Waals surface area (Å²) in [5.41, 5.74) is 7.66. The number of carbonyl (C=O) groups excluding carboxylic acids is 4. The van der Waals surface area contributed by atoms with Gasteiger partial charge in [0.15, 0.2) is 0 Å². The van der Waals surface area contributed by atoms with Gasteiger partial charge in [-0.2, -0.15) is 0 Å². The number of carboxylic acid groups (broad SMARTS) is 1. The van der Waals surface area contributed by atoms with Gasteiger partial charge in [0, 0.05) is 68.0 Å². The number of unbranched alkanes of at least 4 members (excludes halogenated alkanes) is 1. The number of aliphatic hydroxyl groups is 2. The van der Waals surface area contributed by atoms with Crippen LogP contribution in [0.25, 0.3) is 22.4 Å². The van der Waals surface area contributed by atoms with E-state index in [1.54, 1.807) is 35.2 Å². The molecule has 17 nitrogen and oxygen atoms in total. The van der Waals surface area contributed by atoms with Gasteiger partial charge in [0.05, 0.1) is 42.2 Å². The zero-order chi connectivity index (χ0) is 53.7. The van der Waals surface area contributed by atoms with E-state index in [2.05, 4.69) is 20.9 Å². The Bertz CT molecular complexity index is 2990. The van der Waals surface area contributed by atoms with Gasteiger partial charge in [0.25, 0.3) is 11.8 Å². The molecule has 2 aromatic heterocycles. The van der Waals surface area contributed by atoms with Gasteiger partial charge in [0.2, 0.25) is 11.8 Å². The molecule has 0 saturated carbocycles. The van der Waals surface area contributed by atoms with Gasteiger partial charge in [-0.3, -0.25) is 34.0 Å². The van der Waals surface area contributed by atoms with Crippen molar-refractivity contribution in [3.05, 3.63) is 143 Å². The molecule has 5 N–H and O–H groups in total. The molecule has 0 radical (unpaired) electrons. The molecule has 18 heteroatoms. The monoisotopic (exact) mass is 1040 g/mol. The van der Waals surface area contributed by atoms with Crippen LogP contribution in [-0.2, 0) is 51.6 Å². The van der Waals surface area contributed by atoms with Crippen molar-refractivity contribution in [2.75, 3.05) is 25.1 Å². The van der Waals surface area contributed by atoms with Gasteiger partial charge >= 0.3 is 5.97 Å². The molecule has 0 bridgehead atoms. The summed E-state index contributed by atoms with van der Waals surface area (Å²) < 4.78 is 30.6. The summed E-state index contributed by atoms with van der Waals surface area (Å²) in [5, 5.41) is 44.7. The number of nitrogens with zero attached hydrogens (tertiary/aromatic N) is 5. The highest BCUT2D eigenvalue weighted by Gasteiger charge is 2.40. The van der Waals surface area contributed by atoms with Gasteiger partial charge < -0.3 is 39.6 Å². The number of para-hydroxylation sites is 1. The molecular weight excluding hydrogens is 974 g/mol. The first-order valence-corrected chi connectivity index (χ1v) is 26.2. The van der Waals surface area contributed by atoms with Crippen molar-refractivity contribution in [3.8, 4) is 28.1 Å². The first-order valence-electron chi connectivity index (χ1n) is 26.2. The van der Waals surface area contributed by atoms with Crippen LogP contribution >= 0.6 is 0 Å². The number of aliphatic hydroxyl groups excluding tert-OH is 2. The number of aryl methyl sites for hydroxylation is 3. The van der Waals surface area contributed by atoms with E-state index in [9.17, 15) is 43.7 Å². The Hall–Kier alpha value is -7.54. The summed E-state index contributed by atoms with van der Waals surface area (Å²) in [7, 11) is 0. The number of fused-ring (bicyclic) bond motifs is 1. The first kappa shape index (κ1) is 54.7. The largest absolute Gasteiger partial charge is 0.494 e. The molecule has 4 amide bonds. The Kier molecular flexibility index (Phi) is 18.6. The third-order valence-corrected chi connectivity index (χ3v) is 13.8. The number of imide groups is 1. The summed E-state index contributed by atoms with van der Waals surface area (Å²) in [5.74, 6) is -2.50. The van der Waals surface area contributed by atoms with E-state index in [1.807, 2.05) is 83.9 Å². The highest BCUT2D eigenvalue weighted by molar-refractivity contribution is 6.12. The van der Waals surface area contributed by atoms with Crippen LogP contribution in [-0.4, -0.2) is 107 Å². The van der Waals surface area contributed by atoms with E-state index in [0.717, 1.165) is 42.5 Å². The van der Waals surface area contributed by atoms with E-state index < -0.39 is 42.4 Å². The van der Waals surface area contributed by atoms with E-state index in [1.165, 1.54) is 12.1 Å². The fourth-order valence-corrected chi connectivity index (χ4v) is 10.2.